The van der Waals surface area contributed by atoms with Crippen LogP contribution < -0.4 is 5.32 Å². The Kier molecular flexibility index (Phi) is 4.22. The zero-order valence-electron chi connectivity index (χ0n) is 10.7. The molecule has 96 valence electrons. The van der Waals surface area contributed by atoms with E-state index in [9.17, 15) is 9.90 Å². The quantitative estimate of drug-likeness (QED) is 0.720. The highest BCUT2D eigenvalue weighted by molar-refractivity contribution is 5.90. The van der Waals surface area contributed by atoms with Crippen molar-refractivity contribution >= 4 is 5.91 Å². The number of hydrogen-bond donors (Lipinski definition) is 3. The van der Waals surface area contributed by atoms with E-state index >= 15 is 0 Å². The summed E-state index contributed by atoms with van der Waals surface area (Å²) in [6.45, 7) is 8.05. The molecule has 1 heterocycles. The van der Waals surface area contributed by atoms with Crippen molar-refractivity contribution < 1.29 is 9.90 Å². The minimum atomic E-state index is -0.556. The fourth-order valence-electron chi connectivity index (χ4n) is 1.51. The topological polar surface area (TPSA) is 90.9 Å². The fourth-order valence-corrected chi connectivity index (χ4v) is 1.51. The second-order valence-electron chi connectivity index (χ2n) is 5.37. The Morgan fingerprint density at radius 3 is 2.65 bits per heavy atom. The molecule has 1 atom stereocenters. The standard InChI is InChI=1S/C11H20N4O2/c1-7-13-9(15-14-7)10(17)12-6-8(16)5-11(2,3)4/h8,16H,5-6H2,1-4H3,(H,12,17)(H,13,14,15). The summed E-state index contributed by atoms with van der Waals surface area (Å²) in [5.74, 6) is 0.318. The largest absolute Gasteiger partial charge is 0.391 e. The average molecular weight is 240 g/mol. The van der Waals surface area contributed by atoms with Crippen molar-refractivity contribution in [2.45, 2.75) is 40.2 Å². The Morgan fingerprint density at radius 1 is 1.53 bits per heavy atom. The molecule has 1 rings (SSSR count). The van der Waals surface area contributed by atoms with Gasteiger partial charge in [0, 0.05) is 6.54 Å². The molecule has 1 unspecified atom stereocenters. The summed E-state index contributed by atoms with van der Waals surface area (Å²) in [6.07, 6.45) is 0.0688. The zero-order chi connectivity index (χ0) is 13.1. The van der Waals surface area contributed by atoms with Gasteiger partial charge in [0.25, 0.3) is 5.91 Å². The number of hydrogen-bond acceptors (Lipinski definition) is 4. The molecule has 0 bridgehead atoms. The maximum absolute atomic E-state index is 11.6. The van der Waals surface area contributed by atoms with Crippen molar-refractivity contribution in [3.8, 4) is 0 Å². The predicted molar refractivity (Wildman–Crippen MR) is 63.5 cm³/mol. The van der Waals surface area contributed by atoms with Gasteiger partial charge in [0.2, 0.25) is 5.82 Å². The Morgan fingerprint density at radius 2 is 2.18 bits per heavy atom. The molecule has 0 fully saturated rings. The number of rotatable bonds is 4. The molecule has 0 aromatic carbocycles. The summed E-state index contributed by atoms with van der Waals surface area (Å²) in [6, 6.07) is 0. The Bertz CT molecular complexity index is 381. The van der Waals surface area contributed by atoms with Gasteiger partial charge in [0.1, 0.15) is 5.82 Å². The number of aliphatic hydroxyl groups is 1. The van der Waals surface area contributed by atoms with Crippen molar-refractivity contribution in [1.82, 2.24) is 20.5 Å². The van der Waals surface area contributed by atoms with Gasteiger partial charge in [-0.05, 0) is 18.8 Å². The van der Waals surface area contributed by atoms with Crippen molar-refractivity contribution in [2.75, 3.05) is 6.54 Å². The summed E-state index contributed by atoms with van der Waals surface area (Å²) in [4.78, 5) is 15.5. The van der Waals surface area contributed by atoms with Crippen LogP contribution in [0.25, 0.3) is 0 Å². The van der Waals surface area contributed by atoms with Gasteiger partial charge in [-0.1, -0.05) is 20.8 Å². The molecule has 17 heavy (non-hydrogen) atoms. The van der Waals surface area contributed by atoms with E-state index in [-0.39, 0.29) is 23.7 Å². The molecule has 0 saturated carbocycles. The van der Waals surface area contributed by atoms with Crippen LogP contribution in [0.2, 0.25) is 0 Å². The molecule has 0 spiro atoms. The fraction of sp³-hybridized carbons (Fsp3) is 0.727. The highest BCUT2D eigenvalue weighted by Crippen LogP contribution is 2.20. The predicted octanol–water partition coefficient (Wildman–Crippen LogP) is 0.640. The van der Waals surface area contributed by atoms with Crippen molar-refractivity contribution in [3.63, 3.8) is 0 Å². The van der Waals surface area contributed by atoms with E-state index in [2.05, 4.69) is 20.5 Å². The number of aromatic amines is 1. The maximum atomic E-state index is 11.6. The van der Waals surface area contributed by atoms with Crippen LogP contribution in [0.3, 0.4) is 0 Å². The van der Waals surface area contributed by atoms with E-state index in [1.54, 1.807) is 6.92 Å². The smallest absolute Gasteiger partial charge is 0.291 e. The van der Waals surface area contributed by atoms with E-state index in [0.717, 1.165) is 0 Å². The summed E-state index contributed by atoms with van der Waals surface area (Å²) in [5.41, 5.74) is 0.0331. The Hall–Kier alpha value is -1.43. The van der Waals surface area contributed by atoms with Gasteiger partial charge >= 0.3 is 0 Å². The summed E-state index contributed by atoms with van der Waals surface area (Å²) < 4.78 is 0. The second kappa shape index (κ2) is 5.27. The van der Waals surface area contributed by atoms with Gasteiger partial charge < -0.3 is 10.4 Å². The highest BCUT2D eigenvalue weighted by Gasteiger charge is 2.18. The van der Waals surface area contributed by atoms with Crippen LogP contribution in [0.1, 0.15) is 43.6 Å². The van der Waals surface area contributed by atoms with Crippen LogP contribution in [-0.4, -0.2) is 38.8 Å². The number of aryl methyl sites for hydroxylation is 1. The molecule has 1 aromatic heterocycles. The first-order valence-electron chi connectivity index (χ1n) is 5.63. The molecule has 0 radical (unpaired) electrons. The van der Waals surface area contributed by atoms with Crippen LogP contribution in [-0.2, 0) is 0 Å². The van der Waals surface area contributed by atoms with Gasteiger partial charge in [0.15, 0.2) is 0 Å². The molecular formula is C11H20N4O2. The minimum absolute atomic E-state index is 0.0331. The second-order valence-corrected chi connectivity index (χ2v) is 5.37. The minimum Gasteiger partial charge on any atom is -0.391 e. The first-order valence-corrected chi connectivity index (χ1v) is 5.63. The lowest BCUT2D eigenvalue weighted by Gasteiger charge is -2.22. The van der Waals surface area contributed by atoms with Gasteiger partial charge in [-0.15, -0.1) is 5.10 Å². The number of H-pyrrole nitrogens is 1. The van der Waals surface area contributed by atoms with Crippen molar-refractivity contribution in [1.29, 1.82) is 0 Å². The Labute approximate surface area is 101 Å². The molecule has 1 aromatic rings. The molecule has 0 aliphatic heterocycles. The van der Waals surface area contributed by atoms with E-state index in [4.69, 9.17) is 0 Å². The number of amides is 1. The van der Waals surface area contributed by atoms with Gasteiger partial charge in [-0.3, -0.25) is 9.89 Å². The van der Waals surface area contributed by atoms with Crippen LogP contribution in [0, 0.1) is 12.3 Å². The lowest BCUT2D eigenvalue weighted by molar-refractivity contribution is 0.0860. The van der Waals surface area contributed by atoms with Crippen LogP contribution in [0.4, 0.5) is 0 Å². The lowest BCUT2D eigenvalue weighted by Crippen LogP contribution is -2.34. The monoisotopic (exact) mass is 240 g/mol. The van der Waals surface area contributed by atoms with Gasteiger partial charge in [0.05, 0.1) is 6.10 Å². The number of nitrogens with zero attached hydrogens (tertiary/aromatic N) is 2. The number of carbonyl (C=O) groups is 1. The SMILES string of the molecule is Cc1nc(C(=O)NCC(O)CC(C)(C)C)n[nH]1. The summed E-state index contributed by atoms with van der Waals surface area (Å²) in [5, 5.41) is 18.7. The normalized spacial score (nSPS) is 13.5. The number of aromatic nitrogens is 3. The zero-order valence-corrected chi connectivity index (χ0v) is 10.7. The van der Waals surface area contributed by atoms with E-state index in [0.29, 0.717) is 12.2 Å². The average Bonchev–Trinajstić information content (AvgIpc) is 2.58. The first kappa shape index (κ1) is 13.6. The molecule has 6 nitrogen and oxygen atoms in total. The molecule has 0 aliphatic carbocycles. The molecule has 6 heteroatoms. The molecule has 0 saturated heterocycles. The summed E-state index contributed by atoms with van der Waals surface area (Å²) >= 11 is 0. The number of carbonyl (C=O) groups excluding carboxylic acids is 1. The maximum Gasteiger partial charge on any atom is 0.291 e. The number of nitrogens with one attached hydrogen (secondary N) is 2. The third kappa shape index (κ3) is 4.95. The summed E-state index contributed by atoms with van der Waals surface area (Å²) in [7, 11) is 0. The first-order chi connectivity index (χ1) is 7.78. The van der Waals surface area contributed by atoms with Gasteiger partial charge in [-0.2, -0.15) is 0 Å². The van der Waals surface area contributed by atoms with Crippen molar-refractivity contribution in [3.05, 3.63) is 11.6 Å². The van der Waals surface area contributed by atoms with Crippen LogP contribution >= 0.6 is 0 Å². The lowest BCUT2D eigenvalue weighted by atomic mass is 9.89. The molecular weight excluding hydrogens is 220 g/mol. The third-order valence-electron chi connectivity index (χ3n) is 2.15. The van der Waals surface area contributed by atoms with E-state index < -0.39 is 6.10 Å². The third-order valence-corrected chi connectivity index (χ3v) is 2.15. The van der Waals surface area contributed by atoms with Crippen molar-refractivity contribution in [2.24, 2.45) is 5.41 Å². The van der Waals surface area contributed by atoms with Crippen LogP contribution in [0.15, 0.2) is 0 Å². The molecule has 0 aliphatic rings. The van der Waals surface area contributed by atoms with E-state index in [1.807, 2.05) is 20.8 Å². The Balaban J connectivity index is 2.38. The number of aliphatic hydroxyl groups excluding tert-OH is 1. The molecule has 3 N–H and O–H groups in total. The van der Waals surface area contributed by atoms with E-state index in [1.165, 1.54) is 0 Å². The van der Waals surface area contributed by atoms with Gasteiger partial charge in [-0.25, -0.2) is 4.98 Å². The molecule has 1 amide bonds. The highest BCUT2D eigenvalue weighted by atomic mass is 16.3. The van der Waals surface area contributed by atoms with Crippen LogP contribution in [0.5, 0.6) is 0 Å².